The fraction of sp³-hybridized carbons (Fsp3) is 0.538. The van der Waals surface area contributed by atoms with Crippen LogP contribution in [0.2, 0.25) is 0 Å². The number of likely N-dealkylation sites (tertiary alicyclic amines) is 1. The lowest BCUT2D eigenvalue weighted by Crippen LogP contribution is -2.35. The van der Waals surface area contributed by atoms with Gasteiger partial charge in [0.05, 0.1) is 0 Å². The molecule has 1 aromatic rings. The van der Waals surface area contributed by atoms with Crippen LogP contribution in [0.4, 0.5) is 4.39 Å². The number of benzene rings is 1. The first kappa shape index (κ1) is 12.1. The van der Waals surface area contributed by atoms with Crippen LogP contribution < -0.4 is 0 Å². The maximum absolute atomic E-state index is 12.9. The second-order valence-corrected chi connectivity index (χ2v) is 5.31. The van der Waals surface area contributed by atoms with E-state index in [1.165, 1.54) is 5.56 Å². The van der Waals surface area contributed by atoms with Crippen LogP contribution in [-0.2, 0) is 6.42 Å². The third kappa shape index (κ3) is 3.56. The highest BCUT2D eigenvalue weighted by Gasteiger charge is 2.17. The SMILES string of the molecule is FC1CCN(CCc2ccc(Br)cc2)CC1. The summed E-state index contributed by atoms with van der Waals surface area (Å²) in [5, 5.41) is 0. The van der Waals surface area contributed by atoms with Gasteiger partial charge in [-0.15, -0.1) is 0 Å². The van der Waals surface area contributed by atoms with E-state index in [4.69, 9.17) is 0 Å². The Labute approximate surface area is 105 Å². The summed E-state index contributed by atoms with van der Waals surface area (Å²) in [7, 11) is 0. The van der Waals surface area contributed by atoms with Crippen molar-refractivity contribution in [3.05, 3.63) is 34.3 Å². The molecule has 1 saturated heterocycles. The predicted octanol–water partition coefficient (Wildman–Crippen LogP) is 3.43. The molecule has 1 aliphatic rings. The van der Waals surface area contributed by atoms with Crippen LogP contribution in [0.5, 0.6) is 0 Å². The number of piperidine rings is 1. The average Bonchev–Trinajstić information content (AvgIpc) is 2.30. The quantitative estimate of drug-likeness (QED) is 0.823. The van der Waals surface area contributed by atoms with Crippen molar-refractivity contribution in [2.75, 3.05) is 19.6 Å². The standard InChI is InChI=1S/C13H17BrFN/c14-12-3-1-11(2-4-12)5-8-16-9-6-13(15)7-10-16/h1-4,13H,5-10H2. The molecule has 88 valence electrons. The molecule has 1 heterocycles. The maximum Gasteiger partial charge on any atom is 0.103 e. The Balaban J connectivity index is 1.77. The molecule has 3 heteroatoms. The highest BCUT2D eigenvalue weighted by Crippen LogP contribution is 2.15. The van der Waals surface area contributed by atoms with Gasteiger partial charge < -0.3 is 4.90 Å². The minimum absolute atomic E-state index is 0.566. The van der Waals surface area contributed by atoms with Crippen molar-refractivity contribution in [2.24, 2.45) is 0 Å². The summed E-state index contributed by atoms with van der Waals surface area (Å²) in [6.45, 7) is 2.88. The van der Waals surface area contributed by atoms with Gasteiger partial charge in [-0.2, -0.15) is 0 Å². The topological polar surface area (TPSA) is 3.24 Å². The molecule has 0 saturated carbocycles. The van der Waals surface area contributed by atoms with Crippen molar-refractivity contribution in [1.82, 2.24) is 4.90 Å². The third-order valence-electron chi connectivity index (χ3n) is 3.15. The van der Waals surface area contributed by atoms with Gasteiger partial charge in [0.1, 0.15) is 6.17 Å². The monoisotopic (exact) mass is 285 g/mol. The normalized spacial score (nSPS) is 18.9. The molecular formula is C13H17BrFN. The van der Waals surface area contributed by atoms with Crippen LogP contribution in [0.1, 0.15) is 18.4 Å². The third-order valence-corrected chi connectivity index (χ3v) is 3.68. The smallest absolute Gasteiger partial charge is 0.103 e. The highest BCUT2D eigenvalue weighted by molar-refractivity contribution is 9.10. The van der Waals surface area contributed by atoms with E-state index in [-0.39, 0.29) is 0 Å². The summed E-state index contributed by atoms with van der Waals surface area (Å²) in [5.74, 6) is 0. The van der Waals surface area contributed by atoms with Crippen molar-refractivity contribution in [1.29, 1.82) is 0 Å². The van der Waals surface area contributed by atoms with E-state index in [2.05, 4.69) is 45.1 Å². The lowest BCUT2D eigenvalue weighted by molar-refractivity contribution is 0.152. The summed E-state index contributed by atoms with van der Waals surface area (Å²) < 4.78 is 14.1. The van der Waals surface area contributed by atoms with E-state index in [0.29, 0.717) is 12.8 Å². The Morgan fingerprint density at radius 2 is 1.81 bits per heavy atom. The number of hydrogen-bond donors (Lipinski definition) is 0. The fourth-order valence-corrected chi connectivity index (χ4v) is 2.33. The molecule has 1 fully saturated rings. The maximum atomic E-state index is 12.9. The predicted molar refractivity (Wildman–Crippen MR) is 68.4 cm³/mol. The molecule has 0 aromatic heterocycles. The van der Waals surface area contributed by atoms with Gasteiger partial charge in [0.25, 0.3) is 0 Å². The van der Waals surface area contributed by atoms with E-state index in [1.54, 1.807) is 0 Å². The minimum Gasteiger partial charge on any atom is -0.303 e. The molecule has 16 heavy (non-hydrogen) atoms. The molecule has 0 aliphatic carbocycles. The van der Waals surface area contributed by atoms with Gasteiger partial charge in [-0.3, -0.25) is 0 Å². The number of rotatable bonds is 3. The van der Waals surface area contributed by atoms with Crippen LogP contribution in [0, 0.1) is 0 Å². The van der Waals surface area contributed by atoms with Crippen molar-refractivity contribution < 1.29 is 4.39 Å². The number of hydrogen-bond acceptors (Lipinski definition) is 1. The molecule has 0 bridgehead atoms. The summed E-state index contributed by atoms with van der Waals surface area (Å²) in [6.07, 6.45) is 1.91. The number of alkyl halides is 1. The molecule has 0 radical (unpaired) electrons. The summed E-state index contributed by atoms with van der Waals surface area (Å²) in [4.78, 5) is 2.36. The Kier molecular flexibility index (Phi) is 4.36. The Morgan fingerprint density at radius 1 is 1.19 bits per heavy atom. The van der Waals surface area contributed by atoms with Crippen molar-refractivity contribution in [2.45, 2.75) is 25.4 Å². The van der Waals surface area contributed by atoms with E-state index in [9.17, 15) is 4.39 Å². The first-order valence-corrected chi connectivity index (χ1v) is 6.64. The van der Waals surface area contributed by atoms with E-state index >= 15 is 0 Å². The average molecular weight is 286 g/mol. The molecule has 0 atom stereocenters. The molecule has 1 nitrogen and oxygen atoms in total. The molecular weight excluding hydrogens is 269 g/mol. The van der Waals surface area contributed by atoms with Gasteiger partial charge in [0.15, 0.2) is 0 Å². The van der Waals surface area contributed by atoms with E-state index in [0.717, 1.165) is 30.5 Å². The van der Waals surface area contributed by atoms with Crippen molar-refractivity contribution in [3.63, 3.8) is 0 Å². The zero-order valence-corrected chi connectivity index (χ0v) is 10.9. The summed E-state index contributed by atoms with van der Waals surface area (Å²) in [5.41, 5.74) is 1.35. The van der Waals surface area contributed by atoms with E-state index in [1.807, 2.05) is 0 Å². The number of nitrogens with zero attached hydrogens (tertiary/aromatic N) is 1. The zero-order valence-electron chi connectivity index (χ0n) is 9.33. The Bertz CT molecular complexity index is 317. The van der Waals surface area contributed by atoms with Crippen LogP contribution in [0.15, 0.2) is 28.7 Å². The van der Waals surface area contributed by atoms with Gasteiger partial charge in [-0.25, -0.2) is 4.39 Å². The molecule has 0 spiro atoms. The summed E-state index contributed by atoms with van der Waals surface area (Å²) >= 11 is 3.43. The molecule has 2 rings (SSSR count). The lowest BCUT2D eigenvalue weighted by Gasteiger charge is -2.28. The summed E-state index contributed by atoms with van der Waals surface area (Å²) in [6, 6.07) is 8.43. The Hall–Kier alpha value is -0.410. The van der Waals surface area contributed by atoms with Gasteiger partial charge in [-0.05, 0) is 37.0 Å². The van der Waals surface area contributed by atoms with Crippen LogP contribution >= 0.6 is 15.9 Å². The van der Waals surface area contributed by atoms with Gasteiger partial charge >= 0.3 is 0 Å². The van der Waals surface area contributed by atoms with Gasteiger partial charge in [0.2, 0.25) is 0 Å². The zero-order chi connectivity index (χ0) is 11.4. The molecule has 0 amide bonds. The molecule has 1 aromatic carbocycles. The van der Waals surface area contributed by atoms with Crippen molar-refractivity contribution >= 4 is 15.9 Å². The van der Waals surface area contributed by atoms with Crippen LogP contribution in [-0.4, -0.2) is 30.7 Å². The second-order valence-electron chi connectivity index (χ2n) is 4.39. The van der Waals surface area contributed by atoms with Crippen LogP contribution in [0.3, 0.4) is 0 Å². The fourth-order valence-electron chi connectivity index (χ4n) is 2.06. The molecule has 0 unspecified atom stereocenters. The van der Waals surface area contributed by atoms with E-state index < -0.39 is 6.17 Å². The Morgan fingerprint density at radius 3 is 2.44 bits per heavy atom. The van der Waals surface area contributed by atoms with Crippen LogP contribution in [0.25, 0.3) is 0 Å². The lowest BCUT2D eigenvalue weighted by atomic mass is 10.1. The second kappa shape index (κ2) is 5.78. The van der Waals surface area contributed by atoms with Gasteiger partial charge in [-0.1, -0.05) is 28.1 Å². The minimum atomic E-state index is -0.566. The number of halogens is 2. The first-order chi connectivity index (χ1) is 7.74. The highest BCUT2D eigenvalue weighted by atomic mass is 79.9. The molecule has 1 aliphatic heterocycles. The largest absolute Gasteiger partial charge is 0.303 e. The first-order valence-electron chi connectivity index (χ1n) is 5.85. The van der Waals surface area contributed by atoms with Crippen molar-refractivity contribution in [3.8, 4) is 0 Å². The van der Waals surface area contributed by atoms with Gasteiger partial charge in [0, 0.05) is 24.1 Å². The molecule has 0 N–H and O–H groups in total.